The topological polar surface area (TPSA) is 80.3 Å². The lowest BCUT2D eigenvalue weighted by atomic mass is 10.2. The van der Waals surface area contributed by atoms with Crippen LogP contribution in [0.5, 0.6) is 0 Å². The average Bonchev–Trinajstić information content (AvgIpc) is 3.16. The molecule has 138 valence electrons. The van der Waals surface area contributed by atoms with Gasteiger partial charge in [0.25, 0.3) is 5.91 Å². The number of esters is 1. The van der Waals surface area contributed by atoms with Crippen molar-refractivity contribution in [2.24, 2.45) is 0 Å². The highest BCUT2D eigenvalue weighted by molar-refractivity contribution is 7.13. The largest absolute Gasteiger partial charge is 0.451 e. The van der Waals surface area contributed by atoms with Crippen LogP contribution in [-0.4, -0.2) is 23.5 Å². The minimum atomic E-state index is -0.626. The summed E-state index contributed by atoms with van der Waals surface area (Å²) in [4.78, 5) is 28.2. The summed E-state index contributed by atoms with van der Waals surface area (Å²) in [5.41, 5.74) is 2.93. The SMILES string of the molecule is Cc1ccccc1NC(=O)COC(=O)c1csc(NCc2ccccc2)n1. The highest BCUT2D eigenvalue weighted by atomic mass is 32.1. The molecule has 0 saturated carbocycles. The smallest absolute Gasteiger partial charge is 0.358 e. The summed E-state index contributed by atoms with van der Waals surface area (Å²) in [6.45, 7) is 2.14. The van der Waals surface area contributed by atoms with Crippen molar-refractivity contribution >= 4 is 34.0 Å². The van der Waals surface area contributed by atoms with Crippen molar-refractivity contribution in [3.8, 4) is 0 Å². The number of ether oxygens (including phenoxy) is 1. The van der Waals surface area contributed by atoms with E-state index in [2.05, 4.69) is 15.6 Å². The number of anilines is 2. The van der Waals surface area contributed by atoms with E-state index in [4.69, 9.17) is 4.74 Å². The van der Waals surface area contributed by atoms with E-state index in [-0.39, 0.29) is 12.3 Å². The van der Waals surface area contributed by atoms with Gasteiger partial charge in [-0.15, -0.1) is 11.3 Å². The van der Waals surface area contributed by atoms with E-state index in [9.17, 15) is 9.59 Å². The van der Waals surface area contributed by atoms with Crippen LogP contribution in [0, 0.1) is 6.92 Å². The van der Waals surface area contributed by atoms with Crippen LogP contribution < -0.4 is 10.6 Å². The van der Waals surface area contributed by atoms with Crippen molar-refractivity contribution in [2.45, 2.75) is 13.5 Å². The third kappa shape index (κ3) is 5.39. The molecule has 0 bridgehead atoms. The molecule has 1 amide bonds. The Morgan fingerprint density at radius 3 is 2.59 bits per heavy atom. The van der Waals surface area contributed by atoms with Gasteiger partial charge in [-0.3, -0.25) is 4.79 Å². The van der Waals surface area contributed by atoms with Crippen LogP contribution >= 0.6 is 11.3 Å². The first-order chi connectivity index (χ1) is 13.1. The number of carbonyl (C=O) groups is 2. The molecule has 2 N–H and O–H groups in total. The summed E-state index contributed by atoms with van der Waals surface area (Å²) in [6.07, 6.45) is 0. The first-order valence-electron chi connectivity index (χ1n) is 8.38. The number of hydrogen-bond acceptors (Lipinski definition) is 6. The number of aromatic nitrogens is 1. The van der Waals surface area contributed by atoms with Crippen molar-refractivity contribution in [3.63, 3.8) is 0 Å². The van der Waals surface area contributed by atoms with Gasteiger partial charge in [-0.2, -0.15) is 0 Å². The maximum absolute atomic E-state index is 12.1. The number of benzene rings is 2. The summed E-state index contributed by atoms with van der Waals surface area (Å²) in [7, 11) is 0. The van der Waals surface area contributed by atoms with Crippen LogP contribution in [0.4, 0.5) is 10.8 Å². The number of aryl methyl sites for hydroxylation is 1. The zero-order valence-electron chi connectivity index (χ0n) is 14.8. The van der Waals surface area contributed by atoms with Crippen molar-refractivity contribution in [1.82, 2.24) is 4.98 Å². The summed E-state index contributed by atoms with van der Waals surface area (Å²) >= 11 is 1.31. The second-order valence-electron chi connectivity index (χ2n) is 5.82. The van der Waals surface area contributed by atoms with Crippen molar-refractivity contribution in [2.75, 3.05) is 17.2 Å². The van der Waals surface area contributed by atoms with E-state index < -0.39 is 11.9 Å². The van der Waals surface area contributed by atoms with Gasteiger partial charge < -0.3 is 15.4 Å². The molecule has 1 heterocycles. The van der Waals surface area contributed by atoms with Crippen LogP contribution in [0.25, 0.3) is 0 Å². The fourth-order valence-corrected chi connectivity index (χ4v) is 3.01. The van der Waals surface area contributed by atoms with E-state index in [0.717, 1.165) is 11.1 Å². The molecule has 3 aromatic rings. The maximum Gasteiger partial charge on any atom is 0.358 e. The Balaban J connectivity index is 1.47. The van der Waals surface area contributed by atoms with E-state index in [0.29, 0.717) is 17.4 Å². The van der Waals surface area contributed by atoms with Gasteiger partial charge in [0.2, 0.25) is 0 Å². The normalized spacial score (nSPS) is 10.3. The van der Waals surface area contributed by atoms with Gasteiger partial charge in [-0.05, 0) is 24.1 Å². The molecule has 27 heavy (non-hydrogen) atoms. The molecule has 7 heteroatoms. The average molecular weight is 381 g/mol. The predicted octanol–water partition coefficient (Wildman–Crippen LogP) is 3.86. The molecule has 0 saturated heterocycles. The minimum absolute atomic E-state index is 0.180. The molecular weight excluding hydrogens is 362 g/mol. The predicted molar refractivity (Wildman–Crippen MR) is 106 cm³/mol. The number of amides is 1. The lowest BCUT2D eigenvalue weighted by Crippen LogP contribution is -2.21. The monoisotopic (exact) mass is 381 g/mol. The van der Waals surface area contributed by atoms with Crippen molar-refractivity contribution in [1.29, 1.82) is 0 Å². The molecular formula is C20H19N3O3S. The summed E-state index contributed by atoms with van der Waals surface area (Å²) in [5, 5.41) is 8.10. The van der Waals surface area contributed by atoms with Crippen LogP contribution in [0.15, 0.2) is 60.0 Å². The lowest BCUT2D eigenvalue weighted by Gasteiger charge is -2.08. The molecule has 0 unspecified atom stereocenters. The summed E-state index contributed by atoms with van der Waals surface area (Å²) in [5.74, 6) is -1.02. The van der Waals surface area contributed by atoms with Gasteiger partial charge in [0, 0.05) is 17.6 Å². The Labute approximate surface area is 161 Å². The fraction of sp³-hybridized carbons (Fsp3) is 0.150. The molecule has 0 spiro atoms. The molecule has 0 aliphatic heterocycles. The van der Waals surface area contributed by atoms with Gasteiger partial charge in [0.05, 0.1) is 0 Å². The molecule has 3 rings (SSSR count). The highest BCUT2D eigenvalue weighted by Gasteiger charge is 2.14. The quantitative estimate of drug-likeness (QED) is 0.608. The summed E-state index contributed by atoms with van der Waals surface area (Å²) < 4.78 is 5.04. The Bertz CT molecular complexity index is 925. The van der Waals surface area contributed by atoms with Crippen molar-refractivity contribution in [3.05, 3.63) is 76.8 Å². The van der Waals surface area contributed by atoms with E-state index in [1.807, 2.05) is 55.5 Å². The molecule has 1 aromatic heterocycles. The molecule has 2 aromatic carbocycles. The van der Waals surface area contributed by atoms with Gasteiger partial charge in [-0.25, -0.2) is 9.78 Å². The Morgan fingerprint density at radius 2 is 1.81 bits per heavy atom. The molecule has 6 nitrogen and oxygen atoms in total. The van der Waals surface area contributed by atoms with Gasteiger partial charge in [0.1, 0.15) is 0 Å². The zero-order chi connectivity index (χ0) is 19.1. The Hall–Kier alpha value is -3.19. The molecule has 0 radical (unpaired) electrons. The second kappa shape index (κ2) is 8.95. The number of nitrogens with one attached hydrogen (secondary N) is 2. The molecule has 0 aliphatic rings. The second-order valence-corrected chi connectivity index (χ2v) is 6.67. The molecule has 0 aliphatic carbocycles. The first kappa shape index (κ1) is 18.6. The fourth-order valence-electron chi connectivity index (χ4n) is 2.33. The molecule has 0 atom stereocenters. The van der Waals surface area contributed by atoms with Crippen LogP contribution in [0.3, 0.4) is 0 Å². The minimum Gasteiger partial charge on any atom is -0.451 e. The third-order valence-corrected chi connectivity index (χ3v) is 4.55. The number of nitrogens with zero attached hydrogens (tertiary/aromatic N) is 1. The number of hydrogen-bond donors (Lipinski definition) is 2. The zero-order valence-corrected chi connectivity index (χ0v) is 15.6. The van der Waals surface area contributed by atoms with Crippen LogP contribution in [-0.2, 0) is 16.1 Å². The van der Waals surface area contributed by atoms with Gasteiger partial charge >= 0.3 is 5.97 Å². The molecule has 0 fully saturated rings. The Morgan fingerprint density at radius 1 is 1.07 bits per heavy atom. The highest BCUT2D eigenvalue weighted by Crippen LogP contribution is 2.17. The number of carbonyl (C=O) groups excluding carboxylic acids is 2. The standard InChI is InChI=1S/C20H19N3O3S/c1-14-7-5-6-10-16(14)22-18(24)12-26-19(25)17-13-27-20(23-17)21-11-15-8-3-2-4-9-15/h2-10,13H,11-12H2,1H3,(H,21,23)(H,22,24). The lowest BCUT2D eigenvalue weighted by molar-refractivity contribution is -0.119. The van der Waals surface area contributed by atoms with Gasteiger partial charge in [0.15, 0.2) is 17.4 Å². The number of thiazole rings is 1. The van der Waals surface area contributed by atoms with Crippen LogP contribution in [0.2, 0.25) is 0 Å². The van der Waals surface area contributed by atoms with E-state index >= 15 is 0 Å². The van der Waals surface area contributed by atoms with Crippen LogP contribution in [0.1, 0.15) is 21.6 Å². The summed E-state index contributed by atoms with van der Waals surface area (Å²) in [6, 6.07) is 17.3. The first-order valence-corrected chi connectivity index (χ1v) is 9.26. The third-order valence-electron chi connectivity index (χ3n) is 3.75. The van der Waals surface area contributed by atoms with E-state index in [1.54, 1.807) is 11.4 Å². The van der Waals surface area contributed by atoms with E-state index in [1.165, 1.54) is 11.3 Å². The van der Waals surface area contributed by atoms with Gasteiger partial charge in [-0.1, -0.05) is 48.5 Å². The number of para-hydroxylation sites is 1. The maximum atomic E-state index is 12.1. The Kier molecular flexibility index (Phi) is 6.17. The number of rotatable bonds is 7. The van der Waals surface area contributed by atoms with Crippen molar-refractivity contribution < 1.29 is 14.3 Å².